The van der Waals surface area contributed by atoms with Crippen LogP contribution < -0.4 is 14.5 Å². The zero-order chi connectivity index (χ0) is 26.3. The van der Waals surface area contributed by atoms with Crippen LogP contribution in [0.4, 0.5) is 10.8 Å². The van der Waals surface area contributed by atoms with Gasteiger partial charge >= 0.3 is 5.91 Å². The number of para-hydroxylation sites is 1. The van der Waals surface area contributed by atoms with E-state index in [2.05, 4.69) is 4.98 Å². The average molecular weight is 514 g/mol. The lowest BCUT2D eigenvalue weighted by atomic mass is 9.95. The second-order valence-corrected chi connectivity index (χ2v) is 10.3. The van der Waals surface area contributed by atoms with Gasteiger partial charge in [-0.25, -0.2) is 4.98 Å². The maximum absolute atomic E-state index is 13.5. The molecule has 1 aromatic heterocycles. The molecule has 0 saturated carbocycles. The van der Waals surface area contributed by atoms with Gasteiger partial charge in [0.2, 0.25) is 0 Å². The van der Waals surface area contributed by atoms with Gasteiger partial charge in [-0.3, -0.25) is 14.5 Å². The van der Waals surface area contributed by atoms with Crippen LogP contribution in [0.15, 0.2) is 78.4 Å². The first-order chi connectivity index (χ1) is 17.7. The van der Waals surface area contributed by atoms with Crippen LogP contribution in [0.3, 0.4) is 0 Å². The average Bonchev–Trinajstić information content (AvgIpc) is 3.42. The van der Waals surface area contributed by atoms with Crippen LogP contribution in [0.1, 0.15) is 31.0 Å². The van der Waals surface area contributed by atoms with Crippen molar-refractivity contribution in [1.29, 1.82) is 0 Å². The predicted molar refractivity (Wildman–Crippen MR) is 147 cm³/mol. The molecule has 37 heavy (non-hydrogen) atoms. The van der Waals surface area contributed by atoms with Crippen molar-refractivity contribution in [2.75, 3.05) is 23.9 Å². The lowest BCUT2D eigenvalue weighted by Gasteiger charge is -2.23. The Morgan fingerprint density at radius 3 is 2.43 bits per heavy atom. The van der Waals surface area contributed by atoms with Gasteiger partial charge in [0.1, 0.15) is 11.5 Å². The Hall–Kier alpha value is -4.17. The fourth-order valence-electron chi connectivity index (χ4n) is 4.41. The van der Waals surface area contributed by atoms with E-state index in [-0.39, 0.29) is 17.4 Å². The van der Waals surface area contributed by atoms with E-state index < -0.39 is 17.7 Å². The second kappa shape index (κ2) is 9.71. The van der Waals surface area contributed by atoms with Crippen molar-refractivity contribution < 1.29 is 19.4 Å². The number of nitrogens with zero attached hydrogens (tertiary/aromatic N) is 3. The van der Waals surface area contributed by atoms with Crippen molar-refractivity contribution in [3.8, 4) is 5.75 Å². The smallest absolute Gasteiger partial charge is 0.301 e. The molecule has 1 saturated heterocycles. The number of amides is 1. The highest BCUT2D eigenvalue weighted by molar-refractivity contribution is 7.22. The van der Waals surface area contributed by atoms with Gasteiger partial charge in [-0.05, 0) is 55.8 Å². The van der Waals surface area contributed by atoms with Crippen molar-refractivity contribution in [3.05, 3.63) is 89.5 Å². The molecule has 1 N–H and O–H groups in total. The number of ether oxygens (including phenoxy) is 1. The number of hydrogen-bond donors (Lipinski definition) is 1. The van der Waals surface area contributed by atoms with Crippen molar-refractivity contribution in [2.45, 2.75) is 26.0 Å². The van der Waals surface area contributed by atoms with E-state index >= 15 is 0 Å². The van der Waals surface area contributed by atoms with Gasteiger partial charge in [-0.15, -0.1) is 0 Å². The molecule has 0 aliphatic carbocycles. The first-order valence-corrected chi connectivity index (χ1v) is 12.8. The number of fused-ring (bicyclic) bond motifs is 1. The molecule has 2 heterocycles. The number of carbonyl (C=O) groups excluding carboxylic acids is 2. The molecule has 5 rings (SSSR count). The number of rotatable bonds is 6. The Balaban J connectivity index is 1.69. The van der Waals surface area contributed by atoms with Crippen LogP contribution in [-0.4, -0.2) is 42.0 Å². The standard InChI is InChI=1S/C29H27N3O4S/c1-17(2)36-21-9-7-8-19(16-21)26(33)24-25(18-12-14-20(15-13-18)31(3)4)32(28(35)27(24)34)29-30-22-10-5-6-11-23(22)37-29/h5-17,25,33H,1-4H3/b26-24+. The lowest BCUT2D eigenvalue weighted by Crippen LogP contribution is -2.29. The minimum absolute atomic E-state index is 0.0172. The highest BCUT2D eigenvalue weighted by Crippen LogP contribution is 2.44. The zero-order valence-corrected chi connectivity index (χ0v) is 21.8. The Morgan fingerprint density at radius 2 is 1.76 bits per heavy atom. The third kappa shape index (κ3) is 4.56. The van der Waals surface area contributed by atoms with E-state index in [0.29, 0.717) is 22.0 Å². The summed E-state index contributed by atoms with van der Waals surface area (Å²) in [7, 11) is 3.88. The van der Waals surface area contributed by atoms with E-state index in [0.717, 1.165) is 15.9 Å². The van der Waals surface area contributed by atoms with E-state index in [1.165, 1.54) is 16.2 Å². The van der Waals surface area contributed by atoms with E-state index in [1.807, 2.05) is 81.4 Å². The summed E-state index contributed by atoms with van der Waals surface area (Å²) in [6, 6.07) is 21.2. The van der Waals surface area contributed by atoms with Crippen LogP contribution >= 0.6 is 11.3 Å². The van der Waals surface area contributed by atoms with Crippen LogP contribution in [0.5, 0.6) is 5.75 Å². The van der Waals surface area contributed by atoms with Gasteiger partial charge in [0.15, 0.2) is 5.13 Å². The molecule has 0 bridgehead atoms. The number of aromatic nitrogens is 1. The second-order valence-electron chi connectivity index (χ2n) is 9.31. The molecule has 7 nitrogen and oxygen atoms in total. The fourth-order valence-corrected chi connectivity index (χ4v) is 5.40. The SMILES string of the molecule is CC(C)Oc1cccc(/C(O)=C2\C(=O)C(=O)N(c3nc4ccccc4s3)C2c2ccc(N(C)C)cc2)c1. The van der Waals surface area contributed by atoms with Crippen LogP contribution in [0, 0.1) is 0 Å². The minimum Gasteiger partial charge on any atom is -0.507 e. The molecular formula is C29H27N3O4S. The summed E-state index contributed by atoms with van der Waals surface area (Å²) in [4.78, 5) is 35.0. The summed E-state index contributed by atoms with van der Waals surface area (Å²) in [5.74, 6) is -1.17. The van der Waals surface area contributed by atoms with Crippen molar-refractivity contribution in [3.63, 3.8) is 0 Å². The molecule has 3 aromatic carbocycles. The molecule has 8 heteroatoms. The molecule has 0 radical (unpaired) electrons. The maximum Gasteiger partial charge on any atom is 0.301 e. The Morgan fingerprint density at radius 1 is 1.03 bits per heavy atom. The number of aliphatic hydroxyl groups is 1. The monoisotopic (exact) mass is 513 g/mol. The summed E-state index contributed by atoms with van der Waals surface area (Å²) >= 11 is 1.33. The van der Waals surface area contributed by atoms with Crippen LogP contribution in [0.25, 0.3) is 16.0 Å². The van der Waals surface area contributed by atoms with Crippen molar-refractivity contribution in [1.82, 2.24) is 4.98 Å². The summed E-state index contributed by atoms with van der Waals surface area (Å²) in [6.07, 6.45) is -0.0581. The summed E-state index contributed by atoms with van der Waals surface area (Å²) in [5.41, 5.74) is 2.82. The fraction of sp³-hybridized carbons (Fsp3) is 0.207. The first kappa shape index (κ1) is 24.5. The third-order valence-corrected chi connectivity index (χ3v) is 7.17. The van der Waals surface area contributed by atoms with Gasteiger partial charge in [0.25, 0.3) is 5.78 Å². The number of hydrogen-bond acceptors (Lipinski definition) is 7. The summed E-state index contributed by atoms with van der Waals surface area (Å²) < 4.78 is 6.68. The van der Waals surface area contributed by atoms with Crippen LogP contribution in [0.2, 0.25) is 0 Å². The molecule has 0 spiro atoms. The molecular weight excluding hydrogens is 486 g/mol. The van der Waals surface area contributed by atoms with Crippen LogP contribution in [-0.2, 0) is 9.59 Å². The summed E-state index contributed by atoms with van der Waals surface area (Å²) in [6.45, 7) is 3.82. The first-order valence-electron chi connectivity index (χ1n) is 12.0. The molecule has 1 aliphatic rings. The zero-order valence-electron chi connectivity index (χ0n) is 21.0. The van der Waals surface area contributed by atoms with E-state index in [4.69, 9.17) is 4.74 Å². The molecule has 1 fully saturated rings. The molecule has 1 amide bonds. The Bertz CT molecular complexity index is 1490. The molecule has 4 aromatic rings. The highest BCUT2D eigenvalue weighted by atomic mass is 32.1. The number of benzene rings is 3. The minimum atomic E-state index is -0.841. The number of aliphatic hydroxyl groups excluding tert-OH is 1. The quantitative estimate of drug-likeness (QED) is 0.200. The third-order valence-electron chi connectivity index (χ3n) is 6.14. The molecule has 188 valence electrons. The lowest BCUT2D eigenvalue weighted by molar-refractivity contribution is -0.132. The number of Topliss-reactive ketones (excluding diaryl/α,β-unsaturated/α-hetero) is 1. The van der Waals surface area contributed by atoms with Gasteiger partial charge in [-0.2, -0.15) is 0 Å². The summed E-state index contributed by atoms with van der Waals surface area (Å²) in [5, 5.41) is 11.8. The number of thiazole rings is 1. The van der Waals surface area contributed by atoms with E-state index in [1.54, 1.807) is 24.3 Å². The van der Waals surface area contributed by atoms with E-state index in [9.17, 15) is 14.7 Å². The Kier molecular flexibility index (Phi) is 6.43. The Labute approximate surface area is 219 Å². The predicted octanol–water partition coefficient (Wildman–Crippen LogP) is 5.78. The van der Waals surface area contributed by atoms with Gasteiger partial charge in [0, 0.05) is 25.3 Å². The molecule has 1 unspecified atom stereocenters. The number of ketones is 1. The van der Waals surface area contributed by atoms with Gasteiger partial charge in [-0.1, -0.05) is 47.7 Å². The van der Waals surface area contributed by atoms with Crippen molar-refractivity contribution >= 4 is 49.8 Å². The number of anilines is 2. The largest absolute Gasteiger partial charge is 0.507 e. The molecule has 1 atom stereocenters. The maximum atomic E-state index is 13.5. The van der Waals surface area contributed by atoms with Gasteiger partial charge in [0.05, 0.1) is 27.9 Å². The van der Waals surface area contributed by atoms with Gasteiger partial charge < -0.3 is 14.7 Å². The van der Waals surface area contributed by atoms with Crippen molar-refractivity contribution in [2.24, 2.45) is 0 Å². The number of carbonyl (C=O) groups is 2. The molecule has 1 aliphatic heterocycles. The topological polar surface area (TPSA) is 83.0 Å². The highest BCUT2D eigenvalue weighted by Gasteiger charge is 2.48. The normalized spacial score (nSPS) is 17.1.